The van der Waals surface area contributed by atoms with Gasteiger partial charge in [-0.25, -0.2) is 9.37 Å². The first kappa shape index (κ1) is 26.3. The topological polar surface area (TPSA) is 61.8 Å². The van der Waals surface area contributed by atoms with Gasteiger partial charge in [0.15, 0.2) is 17.6 Å². The number of aliphatic imine (C=N–C) groups is 1. The molecule has 1 aliphatic rings. The lowest BCUT2D eigenvalue weighted by Crippen LogP contribution is -2.44. The third-order valence-electron chi connectivity index (χ3n) is 5.26. The molecular weight excluding hydrogens is 520 g/mol. The molecule has 1 unspecified atom stereocenters. The summed E-state index contributed by atoms with van der Waals surface area (Å²) in [6, 6.07) is 13.7. The summed E-state index contributed by atoms with van der Waals surface area (Å²) >= 11 is 0. The van der Waals surface area contributed by atoms with Crippen molar-refractivity contribution in [2.75, 3.05) is 44.3 Å². The van der Waals surface area contributed by atoms with Crippen molar-refractivity contribution < 1.29 is 9.13 Å². The van der Waals surface area contributed by atoms with Gasteiger partial charge in [-0.05, 0) is 50.3 Å². The number of unbranched alkanes of at least 4 members (excludes halogenated alkanes) is 1. The molecule has 8 heteroatoms. The summed E-state index contributed by atoms with van der Waals surface area (Å²) in [5.74, 6) is 0.983. The van der Waals surface area contributed by atoms with Gasteiger partial charge in [-0.1, -0.05) is 30.3 Å². The molecule has 0 amide bonds. The average molecular weight is 555 g/mol. The minimum absolute atomic E-state index is 0. The van der Waals surface area contributed by atoms with Crippen molar-refractivity contribution in [3.8, 4) is 0 Å². The summed E-state index contributed by atoms with van der Waals surface area (Å²) < 4.78 is 19.7. The number of nitrogens with one attached hydrogen (secondary N) is 2. The van der Waals surface area contributed by atoms with E-state index >= 15 is 0 Å². The van der Waals surface area contributed by atoms with Gasteiger partial charge in [0, 0.05) is 45.0 Å². The van der Waals surface area contributed by atoms with Crippen LogP contribution in [0.3, 0.4) is 0 Å². The standard InChI is InChI=1S/C24H34FN5O.HI/c1-2-26-24(28-14-6-7-17-31-18-13-20-9-4-3-5-10-20)29-21-12-16-30(19-21)23-22(25)11-8-15-27-23;/h3-5,8-11,15,21H,2,6-7,12-14,16-19H2,1H3,(H2,26,28,29);1H. The number of pyridine rings is 1. The van der Waals surface area contributed by atoms with Crippen LogP contribution in [0, 0.1) is 5.82 Å². The van der Waals surface area contributed by atoms with E-state index < -0.39 is 0 Å². The van der Waals surface area contributed by atoms with Gasteiger partial charge in [0.2, 0.25) is 0 Å². The fourth-order valence-corrected chi connectivity index (χ4v) is 3.64. The highest BCUT2D eigenvalue weighted by atomic mass is 127. The second-order valence-corrected chi connectivity index (χ2v) is 7.70. The molecule has 1 saturated heterocycles. The Hall–Kier alpha value is -1.94. The zero-order valence-electron chi connectivity index (χ0n) is 18.8. The summed E-state index contributed by atoms with van der Waals surface area (Å²) in [6.45, 7) is 6.63. The molecule has 1 aromatic heterocycles. The highest BCUT2D eigenvalue weighted by molar-refractivity contribution is 14.0. The SMILES string of the molecule is CCNC(=NCCCCOCCc1ccccc1)NC1CCN(c2ncccc2F)C1.I. The van der Waals surface area contributed by atoms with Crippen LogP contribution < -0.4 is 15.5 Å². The quantitative estimate of drug-likeness (QED) is 0.190. The molecule has 0 spiro atoms. The van der Waals surface area contributed by atoms with Crippen molar-refractivity contribution >= 4 is 35.8 Å². The normalized spacial score (nSPS) is 16.0. The van der Waals surface area contributed by atoms with Gasteiger partial charge in [0.1, 0.15) is 0 Å². The lowest BCUT2D eigenvalue weighted by Gasteiger charge is -2.20. The monoisotopic (exact) mass is 555 g/mol. The number of hydrogen-bond acceptors (Lipinski definition) is 4. The van der Waals surface area contributed by atoms with Crippen LogP contribution in [0.5, 0.6) is 0 Å². The Bertz CT molecular complexity index is 808. The number of aromatic nitrogens is 1. The molecule has 1 atom stereocenters. The number of anilines is 1. The van der Waals surface area contributed by atoms with Crippen molar-refractivity contribution in [2.24, 2.45) is 4.99 Å². The Labute approximate surface area is 208 Å². The highest BCUT2D eigenvalue weighted by Crippen LogP contribution is 2.20. The van der Waals surface area contributed by atoms with Crippen molar-refractivity contribution in [1.29, 1.82) is 0 Å². The molecule has 1 aromatic carbocycles. The Balaban J connectivity index is 0.00000363. The van der Waals surface area contributed by atoms with Gasteiger partial charge in [-0.15, -0.1) is 24.0 Å². The summed E-state index contributed by atoms with van der Waals surface area (Å²) in [6.07, 6.45) is 5.49. The largest absolute Gasteiger partial charge is 0.381 e. The summed E-state index contributed by atoms with van der Waals surface area (Å²) in [4.78, 5) is 10.9. The van der Waals surface area contributed by atoms with E-state index in [0.29, 0.717) is 12.4 Å². The zero-order valence-corrected chi connectivity index (χ0v) is 21.1. The van der Waals surface area contributed by atoms with Gasteiger partial charge in [-0.2, -0.15) is 0 Å². The lowest BCUT2D eigenvalue weighted by molar-refractivity contribution is 0.134. The van der Waals surface area contributed by atoms with Gasteiger partial charge in [0.25, 0.3) is 0 Å². The molecule has 32 heavy (non-hydrogen) atoms. The van der Waals surface area contributed by atoms with E-state index in [-0.39, 0.29) is 35.8 Å². The molecule has 176 valence electrons. The van der Waals surface area contributed by atoms with E-state index in [1.807, 2.05) is 11.0 Å². The Morgan fingerprint density at radius 3 is 2.81 bits per heavy atom. The third kappa shape index (κ3) is 8.90. The van der Waals surface area contributed by atoms with Crippen LogP contribution >= 0.6 is 24.0 Å². The first-order valence-electron chi connectivity index (χ1n) is 11.3. The zero-order chi connectivity index (χ0) is 21.7. The maximum Gasteiger partial charge on any atom is 0.191 e. The molecule has 0 bridgehead atoms. The van der Waals surface area contributed by atoms with Crippen LogP contribution in [0.25, 0.3) is 0 Å². The fourth-order valence-electron chi connectivity index (χ4n) is 3.64. The van der Waals surface area contributed by atoms with Crippen molar-refractivity contribution in [1.82, 2.24) is 15.6 Å². The molecule has 2 aromatic rings. The summed E-state index contributed by atoms with van der Waals surface area (Å²) in [5.41, 5.74) is 1.31. The minimum atomic E-state index is -0.269. The van der Waals surface area contributed by atoms with Gasteiger partial charge >= 0.3 is 0 Å². The molecule has 6 nitrogen and oxygen atoms in total. The number of ether oxygens (including phenoxy) is 1. The maximum absolute atomic E-state index is 14.0. The fraction of sp³-hybridized carbons (Fsp3) is 0.500. The molecule has 0 aliphatic carbocycles. The number of rotatable bonds is 11. The van der Waals surface area contributed by atoms with Crippen LogP contribution in [0.1, 0.15) is 31.7 Å². The second kappa shape index (κ2) is 15.0. The first-order chi connectivity index (χ1) is 15.3. The number of nitrogens with zero attached hydrogens (tertiary/aromatic N) is 3. The Morgan fingerprint density at radius 2 is 2.03 bits per heavy atom. The predicted octanol–water partition coefficient (Wildman–Crippen LogP) is 4.01. The van der Waals surface area contributed by atoms with E-state index in [9.17, 15) is 4.39 Å². The minimum Gasteiger partial charge on any atom is -0.381 e. The highest BCUT2D eigenvalue weighted by Gasteiger charge is 2.25. The van der Waals surface area contributed by atoms with Crippen LogP contribution in [0.15, 0.2) is 53.7 Å². The van der Waals surface area contributed by atoms with E-state index in [2.05, 4.69) is 51.8 Å². The summed E-state index contributed by atoms with van der Waals surface area (Å²) in [5, 5.41) is 6.79. The van der Waals surface area contributed by atoms with Crippen LogP contribution in [0.4, 0.5) is 10.2 Å². The van der Waals surface area contributed by atoms with E-state index in [0.717, 1.165) is 64.5 Å². The molecule has 1 fully saturated rings. The van der Waals surface area contributed by atoms with Crippen molar-refractivity contribution in [2.45, 2.75) is 38.6 Å². The molecule has 0 radical (unpaired) electrons. The first-order valence-corrected chi connectivity index (χ1v) is 11.3. The molecule has 3 rings (SSSR count). The number of benzene rings is 1. The van der Waals surface area contributed by atoms with Crippen LogP contribution in [-0.4, -0.2) is 56.4 Å². The predicted molar refractivity (Wildman–Crippen MR) is 140 cm³/mol. The molecule has 2 heterocycles. The number of halogens is 2. The lowest BCUT2D eigenvalue weighted by atomic mass is 10.2. The van der Waals surface area contributed by atoms with Crippen molar-refractivity contribution in [3.63, 3.8) is 0 Å². The Kier molecular flexibility index (Phi) is 12.3. The molecular formula is C24H35FIN5O. The van der Waals surface area contributed by atoms with Gasteiger partial charge in [-0.3, -0.25) is 4.99 Å². The maximum atomic E-state index is 14.0. The smallest absolute Gasteiger partial charge is 0.191 e. The van der Waals surface area contributed by atoms with Gasteiger partial charge < -0.3 is 20.3 Å². The van der Waals surface area contributed by atoms with E-state index in [4.69, 9.17) is 4.74 Å². The molecule has 1 aliphatic heterocycles. The van der Waals surface area contributed by atoms with Crippen molar-refractivity contribution in [3.05, 3.63) is 60.0 Å². The second-order valence-electron chi connectivity index (χ2n) is 7.70. The number of guanidine groups is 1. The van der Waals surface area contributed by atoms with Gasteiger partial charge in [0.05, 0.1) is 6.61 Å². The third-order valence-corrected chi connectivity index (χ3v) is 5.26. The number of hydrogen-bond donors (Lipinski definition) is 2. The summed E-state index contributed by atoms with van der Waals surface area (Å²) in [7, 11) is 0. The van der Waals surface area contributed by atoms with Crippen LogP contribution in [0.2, 0.25) is 0 Å². The Morgan fingerprint density at radius 1 is 1.19 bits per heavy atom. The van der Waals surface area contributed by atoms with E-state index in [1.54, 1.807) is 12.3 Å². The average Bonchev–Trinajstić information content (AvgIpc) is 3.25. The van der Waals surface area contributed by atoms with Crippen LogP contribution in [-0.2, 0) is 11.2 Å². The molecule has 0 saturated carbocycles. The molecule has 2 N–H and O–H groups in total. The van der Waals surface area contributed by atoms with E-state index in [1.165, 1.54) is 11.6 Å².